The number of halogens is 3. The predicted molar refractivity (Wildman–Crippen MR) is 79.3 cm³/mol. The second-order valence-corrected chi connectivity index (χ2v) is 5.68. The number of rotatable bonds is 3. The number of hydrogen-bond donors (Lipinski definition) is 2. The molecular formula is C14H17Cl2FN2O. The Morgan fingerprint density at radius 1 is 1.35 bits per heavy atom. The molecule has 1 saturated heterocycles. The van der Waals surface area contributed by atoms with Crippen LogP contribution in [0.25, 0.3) is 0 Å². The lowest BCUT2D eigenvalue weighted by molar-refractivity contribution is -0.123. The van der Waals surface area contributed by atoms with Gasteiger partial charge in [0.15, 0.2) is 0 Å². The van der Waals surface area contributed by atoms with Gasteiger partial charge in [-0.1, -0.05) is 29.8 Å². The van der Waals surface area contributed by atoms with E-state index in [1.54, 1.807) is 0 Å². The first-order valence-corrected chi connectivity index (χ1v) is 6.95. The van der Waals surface area contributed by atoms with Crippen molar-refractivity contribution in [2.75, 3.05) is 6.54 Å². The summed E-state index contributed by atoms with van der Waals surface area (Å²) in [7, 11) is 0. The Hall–Kier alpha value is -0.840. The van der Waals surface area contributed by atoms with Crippen LogP contribution < -0.4 is 10.6 Å². The molecule has 0 bridgehead atoms. The van der Waals surface area contributed by atoms with Crippen LogP contribution in [0.3, 0.4) is 0 Å². The first-order valence-electron chi connectivity index (χ1n) is 6.57. The van der Waals surface area contributed by atoms with Crippen LogP contribution in [0.5, 0.6) is 0 Å². The number of benzene rings is 1. The van der Waals surface area contributed by atoms with Gasteiger partial charge in [-0.3, -0.25) is 4.79 Å². The van der Waals surface area contributed by atoms with Crippen LogP contribution in [0.1, 0.15) is 24.3 Å². The van der Waals surface area contributed by atoms with Crippen LogP contribution in [-0.2, 0) is 4.79 Å². The van der Waals surface area contributed by atoms with E-state index >= 15 is 0 Å². The van der Waals surface area contributed by atoms with Crippen molar-refractivity contribution in [3.8, 4) is 0 Å². The van der Waals surface area contributed by atoms with Crippen LogP contribution in [0, 0.1) is 0 Å². The summed E-state index contributed by atoms with van der Waals surface area (Å²) in [6.45, 7) is 0.274. The average molecular weight is 319 g/mol. The number of hydrogen-bond acceptors (Lipinski definition) is 2. The van der Waals surface area contributed by atoms with Gasteiger partial charge in [-0.25, -0.2) is 4.39 Å². The molecule has 1 aromatic rings. The van der Waals surface area contributed by atoms with Crippen LogP contribution in [0.4, 0.5) is 4.39 Å². The van der Waals surface area contributed by atoms with Crippen LogP contribution in [0.15, 0.2) is 24.3 Å². The van der Waals surface area contributed by atoms with E-state index in [-0.39, 0.29) is 43.4 Å². The molecule has 0 spiro atoms. The zero-order chi connectivity index (χ0) is 13.4. The summed E-state index contributed by atoms with van der Waals surface area (Å²) in [6, 6.07) is 7.44. The van der Waals surface area contributed by atoms with Crippen molar-refractivity contribution in [1.82, 2.24) is 10.6 Å². The summed E-state index contributed by atoms with van der Waals surface area (Å²) in [4.78, 5) is 11.9. The molecule has 0 aromatic heterocycles. The zero-order valence-electron chi connectivity index (χ0n) is 10.8. The first-order chi connectivity index (χ1) is 9.15. The molecular weight excluding hydrogens is 302 g/mol. The van der Waals surface area contributed by atoms with Gasteiger partial charge in [-0.15, -0.1) is 12.4 Å². The van der Waals surface area contributed by atoms with Crippen LogP contribution in [0.2, 0.25) is 5.02 Å². The second kappa shape index (κ2) is 6.29. The van der Waals surface area contributed by atoms with Crippen molar-refractivity contribution in [1.29, 1.82) is 0 Å². The lowest BCUT2D eigenvalue weighted by atomic mass is 10.1. The molecule has 1 saturated carbocycles. The highest BCUT2D eigenvalue weighted by atomic mass is 35.5. The molecule has 1 heterocycles. The molecule has 2 N–H and O–H groups in total. The van der Waals surface area contributed by atoms with Gasteiger partial charge < -0.3 is 10.6 Å². The van der Waals surface area contributed by atoms with Gasteiger partial charge in [0.2, 0.25) is 5.91 Å². The summed E-state index contributed by atoms with van der Waals surface area (Å²) in [6.07, 6.45) is 0.269. The summed E-state index contributed by atoms with van der Waals surface area (Å²) in [5, 5.41) is 6.60. The molecule has 110 valence electrons. The summed E-state index contributed by atoms with van der Waals surface area (Å²) in [5.41, 5.74) is 1.08. The third-order valence-corrected chi connectivity index (χ3v) is 4.16. The number of carbonyl (C=O) groups is 1. The van der Waals surface area contributed by atoms with Crippen molar-refractivity contribution in [3.63, 3.8) is 0 Å². The molecule has 1 aliphatic heterocycles. The molecule has 2 unspecified atom stereocenters. The number of amides is 1. The Bertz CT molecular complexity index is 500. The Morgan fingerprint density at radius 2 is 2.10 bits per heavy atom. The number of nitrogens with one attached hydrogen (secondary N) is 2. The van der Waals surface area contributed by atoms with Crippen molar-refractivity contribution in [2.24, 2.45) is 0 Å². The van der Waals surface area contributed by atoms with E-state index in [0.29, 0.717) is 5.92 Å². The molecule has 4 atom stereocenters. The summed E-state index contributed by atoms with van der Waals surface area (Å²) < 4.78 is 13.0. The zero-order valence-corrected chi connectivity index (χ0v) is 12.4. The largest absolute Gasteiger partial charge is 0.351 e. The van der Waals surface area contributed by atoms with E-state index in [2.05, 4.69) is 10.6 Å². The van der Waals surface area contributed by atoms with Gasteiger partial charge in [0.1, 0.15) is 6.17 Å². The molecule has 3 nitrogen and oxygen atoms in total. The van der Waals surface area contributed by atoms with Gasteiger partial charge in [-0.05, 0) is 18.1 Å². The highest BCUT2D eigenvalue weighted by Crippen LogP contribution is 2.43. The van der Waals surface area contributed by atoms with Gasteiger partial charge in [-0.2, -0.15) is 0 Å². The molecule has 1 amide bonds. The molecule has 6 heteroatoms. The fraction of sp³-hybridized carbons (Fsp3) is 0.500. The van der Waals surface area contributed by atoms with Crippen molar-refractivity contribution in [3.05, 3.63) is 34.9 Å². The van der Waals surface area contributed by atoms with Gasteiger partial charge in [0.05, 0.1) is 6.04 Å². The maximum atomic E-state index is 13.0. The fourth-order valence-corrected chi connectivity index (χ4v) is 2.93. The minimum Gasteiger partial charge on any atom is -0.351 e. The molecule has 1 aliphatic carbocycles. The van der Waals surface area contributed by atoms with Crippen LogP contribution in [-0.4, -0.2) is 30.7 Å². The standard InChI is InChI=1S/C14H16ClFN2O.ClH/c15-11-4-2-1-3-9(11)10-6-12(10)18-14(19)13-5-8(16)7-17-13;/h1-4,8,10,12-13,17H,5-7H2,(H,18,19);1H/t8-,10?,12?,13+;/m1./s1. The number of alkyl halides is 1. The Labute approximate surface area is 128 Å². The number of carbonyl (C=O) groups excluding carboxylic acids is 1. The smallest absolute Gasteiger partial charge is 0.237 e. The van der Waals surface area contributed by atoms with E-state index in [9.17, 15) is 9.18 Å². The minimum absolute atomic E-state index is 0. The second-order valence-electron chi connectivity index (χ2n) is 5.27. The lowest BCUT2D eigenvalue weighted by Gasteiger charge is -2.11. The van der Waals surface area contributed by atoms with E-state index in [1.807, 2.05) is 24.3 Å². The predicted octanol–water partition coefficient (Wildman–Crippen LogP) is 2.43. The van der Waals surface area contributed by atoms with Gasteiger partial charge in [0, 0.05) is 29.9 Å². The van der Waals surface area contributed by atoms with Crippen molar-refractivity contribution in [2.45, 2.75) is 37.0 Å². The average Bonchev–Trinajstić information content (AvgIpc) is 2.99. The van der Waals surface area contributed by atoms with Crippen molar-refractivity contribution < 1.29 is 9.18 Å². The molecule has 20 heavy (non-hydrogen) atoms. The SMILES string of the molecule is Cl.O=C(NC1CC1c1ccccc1Cl)[C@@H]1C[C@@H](F)CN1. The highest BCUT2D eigenvalue weighted by Gasteiger charge is 2.42. The van der Waals surface area contributed by atoms with Crippen molar-refractivity contribution >= 4 is 29.9 Å². The quantitative estimate of drug-likeness (QED) is 0.898. The Kier molecular flexibility index (Phi) is 4.89. The van der Waals surface area contributed by atoms with Gasteiger partial charge in [0.25, 0.3) is 0 Å². The topological polar surface area (TPSA) is 41.1 Å². The van der Waals surface area contributed by atoms with E-state index in [1.165, 1.54) is 0 Å². The first kappa shape index (κ1) is 15.5. The fourth-order valence-electron chi connectivity index (χ4n) is 2.65. The highest BCUT2D eigenvalue weighted by molar-refractivity contribution is 6.31. The van der Waals surface area contributed by atoms with E-state index < -0.39 is 6.17 Å². The minimum atomic E-state index is -0.908. The van der Waals surface area contributed by atoms with E-state index in [4.69, 9.17) is 11.6 Å². The Morgan fingerprint density at radius 3 is 2.75 bits per heavy atom. The molecule has 0 radical (unpaired) electrons. The lowest BCUT2D eigenvalue weighted by Crippen LogP contribution is -2.41. The monoisotopic (exact) mass is 318 g/mol. The summed E-state index contributed by atoms with van der Waals surface area (Å²) in [5.74, 6) is 0.194. The molecule has 2 fully saturated rings. The third-order valence-electron chi connectivity index (χ3n) is 3.82. The molecule has 1 aromatic carbocycles. The van der Waals surface area contributed by atoms with E-state index in [0.717, 1.165) is 17.0 Å². The van der Waals surface area contributed by atoms with Gasteiger partial charge >= 0.3 is 0 Å². The summed E-state index contributed by atoms with van der Waals surface area (Å²) >= 11 is 6.13. The Balaban J connectivity index is 0.00000147. The molecule has 3 rings (SSSR count). The van der Waals surface area contributed by atoms with Crippen LogP contribution >= 0.6 is 24.0 Å². The maximum Gasteiger partial charge on any atom is 0.237 e. The normalized spacial score (nSPS) is 31.5. The third kappa shape index (κ3) is 3.25. The maximum absolute atomic E-state index is 13.0. The molecule has 2 aliphatic rings.